The van der Waals surface area contributed by atoms with Crippen LogP contribution in [0.5, 0.6) is 0 Å². The highest BCUT2D eigenvalue weighted by Crippen LogP contribution is 2.25. The molecule has 1 heterocycles. The first-order valence-corrected chi connectivity index (χ1v) is 8.18. The molecule has 0 aliphatic rings. The summed E-state index contributed by atoms with van der Waals surface area (Å²) in [6, 6.07) is 13.3. The summed E-state index contributed by atoms with van der Waals surface area (Å²) in [5, 5.41) is 9.11. The van der Waals surface area contributed by atoms with Crippen molar-refractivity contribution in [3.05, 3.63) is 63.0 Å². The molecule has 1 aromatic heterocycles. The summed E-state index contributed by atoms with van der Waals surface area (Å²) in [6.45, 7) is 0. The number of aromatic nitrogens is 1. The van der Waals surface area contributed by atoms with Crippen LogP contribution in [-0.2, 0) is 6.42 Å². The van der Waals surface area contributed by atoms with Gasteiger partial charge in [0.15, 0.2) is 0 Å². The minimum atomic E-state index is 0.300. The quantitative estimate of drug-likeness (QED) is 0.748. The molecule has 1 unspecified atom stereocenters. The van der Waals surface area contributed by atoms with Crippen molar-refractivity contribution in [1.82, 2.24) is 10.3 Å². The van der Waals surface area contributed by atoms with Crippen molar-refractivity contribution in [1.29, 1.82) is 0 Å². The summed E-state index contributed by atoms with van der Waals surface area (Å²) in [4.78, 5) is 4.38. The van der Waals surface area contributed by atoms with E-state index >= 15 is 0 Å². The minimum Gasteiger partial charge on any atom is -0.313 e. The van der Waals surface area contributed by atoms with Gasteiger partial charge in [0.05, 0.1) is 5.01 Å². The maximum absolute atomic E-state index is 4.38. The second-order valence-electron chi connectivity index (χ2n) is 4.72. The predicted molar refractivity (Wildman–Crippen MR) is 89.3 cm³/mol. The van der Waals surface area contributed by atoms with Gasteiger partial charge in [-0.15, -0.1) is 11.3 Å². The van der Waals surface area contributed by atoms with Crippen molar-refractivity contribution < 1.29 is 0 Å². The van der Waals surface area contributed by atoms with E-state index in [1.807, 2.05) is 18.6 Å². The van der Waals surface area contributed by atoms with Crippen LogP contribution in [0.15, 0.2) is 52.4 Å². The molecule has 0 aliphatic heterocycles. The molecule has 0 radical (unpaired) electrons. The van der Waals surface area contributed by atoms with Crippen LogP contribution in [0.2, 0.25) is 0 Å². The zero-order valence-electron chi connectivity index (χ0n) is 11.1. The molecule has 20 heavy (non-hydrogen) atoms. The molecule has 0 spiro atoms. The van der Waals surface area contributed by atoms with Gasteiger partial charge < -0.3 is 5.32 Å². The molecular formula is C16H15BrN2S. The number of nitrogens with zero attached hydrogens (tertiary/aromatic N) is 1. The van der Waals surface area contributed by atoms with Crippen LogP contribution >= 0.6 is 27.3 Å². The average Bonchev–Trinajstić information content (AvgIpc) is 2.97. The number of nitrogens with one attached hydrogen (secondary N) is 1. The third kappa shape index (κ3) is 2.92. The van der Waals surface area contributed by atoms with Gasteiger partial charge in [-0.05, 0) is 41.6 Å². The van der Waals surface area contributed by atoms with E-state index in [1.54, 1.807) is 11.3 Å². The summed E-state index contributed by atoms with van der Waals surface area (Å²) in [5.74, 6) is 0. The lowest BCUT2D eigenvalue weighted by molar-refractivity contribution is 0.591. The Kier molecular flexibility index (Phi) is 4.15. The van der Waals surface area contributed by atoms with Crippen LogP contribution in [0.1, 0.15) is 16.6 Å². The first-order valence-electron chi connectivity index (χ1n) is 6.51. The largest absolute Gasteiger partial charge is 0.313 e. The molecule has 3 rings (SSSR count). The lowest BCUT2D eigenvalue weighted by atomic mass is 10.00. The van der Waals surface area contributed by atoms with E-state index in [-0.39, 0.29) is 0 Å². The molecule has 0 bridgehead atoms. The van der Waals surface area contributed by atoms with E-state index in [0.717, 1.165) is 10.9 Å². The maximum Gasteiger partial charge on any atom is 0.0943 e. The Balaban J connectivity index is 1.93. The Hall–Kier alpha value is -1.23. The smallest absolute Gasteiger partial charge is 0.0943 e. The van der Waals surface area contributed by atoms with Crippen LogP contribution in [0.3, 0.4) is 0 Å². The Morgan fingerprint density at radius 1 is 1.20 bits per heavy atom. The van der Waals surface area contributed by atoms with E-state index in [9.17, 15) is 0 Å². The second-order valence-corrected chi connectivity index (χ2v) is 6.62. The van der Waals surface area contributed by atoms with E-state index in [2.05, 4.69) is 62.6 Å². The number of hydrogen-bond acceptors (Lipinski definition) is 3. The number of benzene rings is 2. The molecule has 0 amide bonds. The van der Waals surface area contributed by atoms with Crippen LogP contribution in [-0.4, -0.2) is 12.0 Å². The SMILES string of the molecule is CNC(Cc1nccs1)c1ccc2cc(Br)ccc2c1. The molecule has 1 atom stereocenters. The number of fused-ring (bicyclic) bond motifs is 1. The highest BCUT2D eigenvalue weighted by Gasteiger charge is 2.12. The standard InChI is InChI=1S/C16H15BrN2S/c1-18-15(10-16-19-6-7-20-16)13-3-2-12-9-14(17)5-4-11(12)8-13/h2-9,15,18H,10H2,1H3. The molecule has 4 heteroatoms. The summed E-state index contributed by atoms with van der Waals surface area (Å²) < 4.78 is 1.12. The van der Waals surface area contributed by atoms with Gasteiger partial charge >= 0.3 is 0 Å². The fraction of sp³-hybridized carbons (Fsp3) is 0.188. The lowest BCUT2D eigenvalue weighted by Gasteiger charge is -2.16. The van der Waals surface area contributed by atoms with Crippen molar-refractivity contribution in [2.45, 2.75) is 12.5 Å². The van der Waals surface area contributed by atoms with Crippen LogP contribution < -0.4 is 5.32 Å². The number of hydrogen-bond donors (Lipinski definition) is 1. The molecule has 0 aliphatic carbocycles. The molecule has 0 saturated carbocycles. The van der Waals surface area contributed by atoms with Crippen molar-refractivity contribution in [3.63, 3.8) is 0 Å². The number of likely N-dealkylation sites (N-methyl/N-ethyl adjacent to an activating group) is 1. The Morgan fingerprint density at radius 3 is 2.75 bits per heavy atom. The topological polar surface area (TPSA) is 24.9 Å². The number of rotatable bonds is 4. The predicted octanol–water partition coefficient (Wildman–Crippen LogP) is 4.56. The lowest BCUT2D eigenvalue weighted by Crippen LogP contribution is -2.18. The molecule has 0 fully saturated rings. The van der Waals surface area contributed by atoms with Crippen LogP contribution in [0.4, 0.5) is 0 Å². The van der Waals surface area contributed by atoms with E-state index in [4.69, 9.17) is 0 Å². The zero-order chi connectivity index (χ0) is 13.9. The zero-order valence-corrected chi connectivity index (χ0v) is 13.5. The van der Waals surface area contributed by atoms with Gasteiger partial charge in [0.25, 0.3) is 0 Å². The number of thiazole rings is 1. The van der Waals surface area contributed by atoms with Gasteiger partial charge in [0.2, 0.25) is 0 Å². The Morgan fingerprint density at radius 2 is 2.00 bits per heavy atom. The fourth-order valence-electron chi connectivity index (χ4n) is 2.37. The van der Waals surface area contributed by atoms with Crippen molar-refractivity contribution in [2.24, 2.45) is 0 Å². The minimum absolute atomic E-state index is 0.300. The van der Waals surface area contributed by atoms with Gasteiger partial charge in [-0.2, -0.15) is 0 Å². The Bertz CT molecular complexity index is 710. The van der Waals surface area contributed by atoms with E-state index < -0.39 is 0 Å². The maximum atomic E-state index is 4.38. The molecule has 0 saturated heterocycles. The fourth-order valence-corrected chi connectivity index (χ4v) is 3.41. The number of halogens is 1. The third-order valence-corrected chi connectivity index (χ3v) is 4.73. The molecular weight excluding hydrogens is 332 g/mol. The van der Waals surface area contributed by atoms with Gasteiger partial charge in [-0.25, -0.2) is 4.98 Å². The molecule has 1 N–H and O–H groups in total. The van der Waals surface area contributed by atoms with Crippen molar-refractivity contribution in [3.8, 4) is 0 Å². The van der Waals surface area contributed by atoms with Crippen molar-refractivity contribution in [2.75, 3.05) is 7.05 Å². The Labute approximate surface area is 131 Å². The average molecular weight is 347 g/mol. The first kappa shape index (κ1) is 13.7. The van der Waals surface area contributed by atoms with Crippen LogP contribution in [0.25, 0.3) is 10.8 Å². The first-order chi connectivity index (χ1) is 9.76. The summed E-state index contributed by atoms with van der Waals surface area (Å²) >= 11 is 5.22. The summed E-state index contributed by atoms with van der Waals surface area (Å²) in [6.07, 6.45) is 2.79. The highest BCUT2D eigenvalue weighted by molar-refractivity contribution is 9.10. The molecule has 3 aromatic rings. The van der Waals surface area contributed by atoms with Crippen molar-refractivity contribution >= 4 is 38.0 Å². The molecule has 2 aromatic carbocycles. The normalized spacial score (nSPS) is 12.7. The van der Waals surface area contributed by atoms with Gasteiger partial charge in [0, 0.05) is 28.5 Å². The van der Waals surface area contributed by atoms with E-state index in [0.29, 0.717) is 6.04 Å². The van der Waals surface area contributed by atoms with Gasteiger partial charge in [0.1, 0.15) is 0 Å². The van der Waals surface area contributed by atoms with Crippen LogP contribution in [0, 0.1) is 0 Å². The van der Waals surface area contributed by atoms with Gasteiger partial charge in [-0.1, -0.05) is 34.1 Å². The highest BCUT2D eigenvalue weighted by atomic mass is 79.9. The molecule has 2 nitrogen and oxygen atoms in total. The second kappa shape index (κ2) is 6.04. The summed E-state index contributed by atoms with van der Waals surface area (Å²) in [5.41, 5.74) is 1.30. The van der Waals surface area contributed by atoms with Gasteiger partial charge in [-0.3, -0.25) is 0 Å². The molecule has 102 valence electrons. The van der Waals surface area contributed by atoms with E-state index in [1.165, 1.54) is 21.3 Å². The third-order valence-electron chi connectivity index (χ3n) is 3.44. The monoisotopic (exact) mass is 346 g/mol. The summed E-state index contributed by atoms with van der Waals surface area (Å²) in [7, 11) is 2.00.